The maximum absolute atomic E-state index is 12.4. The summed E-state index contributed by atoms with van der Waals surface area (Å²) in [5.74, 6) is 1.75. The summed E-state index contributed by atoms with van der Waals surface area (Å²) in [6, 6.07) is 14.4. The van der Waals surface area contributed by atoms with Crippen LogP contribution in [0.15, 0.2) is 42.5 Å². The summed E-state index contributed by atoms with van der Waals surface area (Å²) in [5, 5.41) is 4.12. The molecule has 1 fully saturated rings. The third kappa shape index (κ3) is 4.77. The van der Waals surface area contributed by atoms with Crippen LogP contribution in [0.1, 0.15) is 51.5 Å². The van der Waals surface area contributed by atoms with Gasteiger partial charge < -0.3 is 19.1 Å². The number of rotatable bonds is 8. The van der Waals surface area contributed by atoms with Crippen LogP contribution in [0.3, 0.4) is 0 Å². The molecule has 0 saturated carbocycles. The van der Waals surface area contributed by atoms with E-state index in [4.69, 9.17) is 14.2 Å². The average molecular weight is 436 g/mol. The fourth-order valence-corrected chi connectivity index (χ4v) is 4.27. The molecule has 1 aliphatic rings. The fraction of sp³-hybridized carbons (Fsp3) is 0.444. The molecule has 0 N–H and O–H groups in total. The number of fused-ring (bicyclic) bond motifs is 2. The highest BCUT2D eigenvalue weighted by molar-refractivity contribution is 6.11. The summed E-state index contributed by atoms with van der Waals surface area (Å²) in [5.41, 5.74) is 0.945. The van der Waals surface area contributed by atoms with Gasteiger partial charge >= 0.3 is 6.09 Å². The van der Waals surface area contributed by atoms with Crippen molar-refractivity contribution in [3.63, 3.8) is 0 Å². The van der Waals surface area contributed by atoms with E-state index in [1.807, 2.05) is 23.1 Å². The van der Waals surface area contributed by atoms with E-state index in [0.29, 0.717) is 13.2 Å². The minimum Gasteiger partial charge on any atom is -0.492 e. The van der Waals surface area contributed by atoms with Gasteiger partial charge in [-0.25, -0.2) is 4.79 Å². The molecule has 1 amide bonds. The van der Waals surface area contributed by atoms with E-state index in [1.165, 1.54) is 6.42 Å². The number of piperidine rings is 1. The number of carbonyl (C=O) groups excluding carboxylic acids is 1. The van der Waals surface area contributed by atoms with Gasteiger partial charge in [0.15, 0.2) is 0 Å². The van der Waals surface area contributed by atoms with Gasteiger partial charge in [0.2, 0.25) is 0 Å². The third-order valence-corrected chi connectivity index (χ3v) is 5.87. The van der Waals surface area contributed by atoms with Crippen molar-refractivity contribution in [1.29, 1.82) is 0 Å². The Kier molecular flexibility index (Phi) is 7.35. The van der Waals surface area contributed by atoms with E-state index >= 15 is 0 Å². The molecule has 3 aromatic carbocycles. The molecule has 5 heteroatoms. The van der Waals surface area contributed by atoms with E-state index < -0.39 is 0 Å². The molecule has 5 nitrogen and oxygen atoms in total. The fourth-order valence-electron chi connectivity index (χ4n) is 4.27. The average Bonchev–Trinajstić information content (AvgIpc) is 2.85. The third-order valence-electron chi connectivity index (χ3n) is 5.87. The van der Waals surface area contributed by atoms with Crippen LogP contribution in [0, 0.1) is 0 Å². The number of nitrogens with zero attached hydrogens (tertiary/aromatic N) is 1. The molecule has 0 radical (unpaired) electrons. The van der Waals surface area contributed by atoms with E-state index in [-0.39, 0.29) is 12.7 Å². The Bertz CT molecular complexity index is 1070. The first-order valence-corrected chi connectivity index (χ1v) is 11.9. The Labute approximate surface area is 190 Å². The van der Waals surface area contributed by atoms with Gasteiger partial charge in [-0.15, -0.1) is 0 Å². The number of hydrogen-bond donors (Lipinski definition) is 0. The van der Waals surface area contributed by atoms with Crippen LogP contribution in [-0.4, -0.2) is 37.3 Å². The molecular formula is C27H33NO4. The number of ether oxygens (including phenoxy) is 3. The smallest absolute Gasteiger partial charge is 0.410 e. The van der Waals surface area contributed by atoms with E-state index in [0.717, 1.165) is 77.4 Å². The zero-order valence-electron chi connectivity index (χ0n) is 19.2. The SMILES string of the molecule is CCCOc1c2ccccc2c(OCCC)c2cc(COC(=O)N3CCCCC3)ccc12. The lowest BCUT2D eigenvalue weighted by Gasteiger charge is -2.25. The molecule has 3 aromatic rings. The predicted molar refractivity (Wildman–Crippen MR) is 129 cm³/mol. The second-order valence-corrected chi connectivity index (χ2v) is 8.38. The molecule has 0 aliphatic carbocycles. The summed E-state index contributed by atoms with van der Waals surface area (Å²) >= 11 is 0. The van der Waals surface area contributed by atoms with Crippen LogP contribution in [-0.2, 0) is 11.3 Å². The Morgan fingerprint density at radius 3 is 2.03 bits per heavy atom. The molecule has 1 saturated heterocycles. The van der Waals surface area contributed by atoms with Crippen molar-refractivity contribution in [2.75, 3.05) is 26.3 Å². The largest absolute Gasteiger partial charge is 0.492 e. The van der Waals surface area contributed by atoms with Gasteiger partial charge in [-0.1, -0.05) is 50.2 Å². The maximum Gasteiger partial charge on any atom is 0.410 e. The molecular weight excluding hydrogens is 402 g/mol. The van der Waals surface area contributed by atoms with Gasteiger partial charge in [0.1, 0.15) is 18.1 Å². The molecule has 4 rings (SSSR count). The Hall–Kier alpha value is -2.95. The summed E-state index contributed by atoms with van der Waals surface area (Å²) in [4.78, 5) is 14.3. The van der Waals surface area contributed by atoms with Crippen molar-refractivity contribution in [3.05, 3.63) is 48.0 Å². The number of likely N-dealkylation sites (tertiary alicyclic amines) is 1. The van der Waals surface area contributed by atoms with E-state index in [9.17, 15) is 4.79 Å². The van der Waals surface area contributed by atoms with Crippen molar-refractivity contribution in [1.82, 2.24) is 4.90 Å². The first-order chi connectivity index (χ1) is 15.7. The van der Waals surface area contributed by atoms with Gasteiger partial charge in [0.25, 0.3) is 0 Å². The quantitative estimate of drug-likeness (QED) is 0.370. The molecule has 0 spiro atoms. The van der Waals surface area contributed by atoms with Crippen molar-refractivity contribution in [2.45, 2.75) is 52.6 Å². The van der Waals surface area contributed by atoms with E-state index in [2.05, 4.69) is 38.1 Å². The molecule has 1 aliphatic heterocycles. The highest BCUT2D eigenvalue weighted by Crippen LogP contribution is 2.43. The van der Waals surface area contributed by atoms with Crippen molar-refractivity contribution < 1.29 is 19.0 Å². The molecule has 0 bridgehead atoms. The lowest BCUT2D eigenvalue weighted by molar-refractivity contribution is 0.0895. The minimum atomic E-state index is -0.224. The summed E-state index contributed by atoms with van der Waals surface area (Å²) in [7, 11) is 0. The van der Waals surface area contributed by atoms with Crippen molar-refractivity contribution in [2.24, 2.45) is 0 Å². The van der Waals surface area contributed by atoms with Crippen molar-refractivity contribution in [3.8, 4) is 11.5 Å². The number of hydrogen-bond acceptors (Lipinski definition) is 4. The van der Waals surface area contributed by atoms with Gasteiger partial charge in [-0.3, -0.25) is 0 Å². The van der Waals surface area contributed by atoms with Crippen molar-refractivity contribution >= 4 is 27.6 Å². The Balaban J connectivity index is 1.71. The first-order valence-electron chi connectivity index (χ1n) is 11.9. The van der Waals surface area contributed by atoms with Gasteiger partial charge in [0, 0.05) is 34.6 Å². The van der Waals surface area contributed by atoms with Crippen LogP contribution < -0.4 is 9.47 Å². The highest BCUT2D eigenvalue weighted by Gasteiger charge is 2.19. The molecule has 170 valence electrons. The molecule has 0 atom stereocenters. The van der Waals surface area contributed by atoms with Gasteiger partial charge in [-0.2, -0.15) is 0 Å². The van der Waals surface area contributed by atoms with Gasteiger partial charge in [0.05, 0.1) is 13.2 Å². The minimum absolute atomic E-state index is 0.224. The lowest BCUT2D eigenvalue weighted by atomic mass is 9.99. The molecule has 0 unspecified atom stereocenters. The predicted octanol–water partition coefficient (Wildman–Crippen LogP) is 6.69. The molecule has 32 heavy (non-hydrogen) atoms. The van der Waals surface area contributed by atoms with Crippen LogP contribution in [0.4, 0.5) is 4.79 Å². The van der Waals surface area contributed by atoms with Gasteiger partial charge in [-0.05, 0) is 43.7 Å². The maximum atomic E-state index is 12.4. The second kappa shape index (κ2) is 10.6. The normalized spacial score (nSPS) is 14.0. The summed E-state index contributed by atoms with van der Waals surface area (Å²) in [6.07, 6.45) is 4.93. The Morgan fingerprint density at radius 2 is 1.41 bits per heavy atom. The standard InChI is InChI=1S/C27H33NO4/c1-3-16-30-25-21-10-6-7-11-22(21)26(31-17-4-2)24-18-20(12-13-23(24)25)19-32-27(29)28-14-8-5-9-15-28/h6-7,10-13,18H,3-5,8-9,14-17,19H2,1-2H3. The van der Waals surface area contributed by atoms with E-state index in [1.54, 1.807) is 0 Å². The monoisotopic (exact) mass is 435 g/mol. The number of amides is 1. The second-order valence-electron chi connectivity index (χ2n) is 8.38. The zero-order chi connectivity index (χ0) is 22.3. The summed E-state index contributed by atoms with van der Waals surface area (Å²) in [6.45, 7) is 7.33. The van der Waals surface area contributed by atoms with Crippen LogP contribution in [0.5, 0.6) is 11.5 Å². The highest BCUT2D eigenvalue weighted by atomic mass is 16.6. The molecule has 1 heterocycles. The topological polar surface area (TPSA) is 48.0 Å². The van der Waals surface area contributed by atoms with Crippen LogP contribution in [0.2, 0.25) is 0 Å². The van der Waals surface area contributed by atoms with Crippen LogP contribution >= 0.6 is 0 Å². The molecule has 0 aromatic heterocycles. The zero-order valence-corrected chi connectivity index (χ0v) is 19.2. The number of benzene rings is 3. The number of carbonyl (C=O) groups is 1. The Morgan fingerprint density at radius 1 is 0.812 bits per heavy atom. The first kappa shape index (κ1) is 22.3. The lowest BCUT2D eigenvalue weighted by Crippen LogP contribution is -2.35. The summed E-state index contributed by atoms with van der Waals surface area (Å²) < 4.78 is 18.1. The van der Waals surface area contributed by atoms with Crippen LogP contribution in [0.25, 0.3) is 21.5 Å².